The molecule has 0 saturated heterocycles. The van der Waals surface area contributed by atoms with Gasteiger partial charge in [-0.25, -0.2) is 4.79 Å². The van der Waals surface area contributed by atoms with E-state index in [-0.39, 0.29) is 10.9 Å². The third-order valence-corrected chi connectivity index (χ3v) is 4.97. The Bertz CT molecular complexity index is 970. The van der Waals surface area contributed by atoms with E-state index in [9.17, 15) is 9.59 Å². The highest BCUT2D eigenvalue weighted by Crippen LogP contribution is 2.24. The molecule has 9 heteroatoms. The Kier molecular flexibility index (Phi) is 9.13. The van der Waals surface area contributed by atoms with E-state index in [0.29, 0.717) is 34.8 Å². The molecule has 3 amide bonds. The molecule has 0 fully saturated rings. The van der Waals surface area contributed by atoms with Gasteiger partial charge in [-0.3, -0.25) is 4.79 Å². The average molecular weight is 444 g/mol. The minimum absolute atomic E-state index is 0.243. The summed E-state index contributed by atoms with van der Waals surface area (Å²) in [6.45, 7) is 7.29. The number of nitrogens with zero attached hydrogens (tertiary/aromatic N) is 2. The normalized spacial score (nSPS) is 10.3. The van der Waals surface area contributed by atoms with Crippen LogP contribution in [-0.2, 0) is 0 Å². The Morgan fingerprint density at radius 2 is 1.74 bits per heavy atom. The summed E-state index contributed by atoms with van der Waals surface area (Å²) in [5.41, 5.74) is 1.60. The number of carbonyl (C=O) groups is 2. The van der Waals surface area contributed by atoms with Crippen molar-refractivity contribution in [2.45, 2.75) is 13.8 Å². The first-order valence-electron chi connectivity index (χ1n) is 9.88. The lowest BCUT2D eigenvalue weighted by atomic mass is 10.1. The number of benzene rings is 2. The van der Waals surface area contributed by atoms with Crippen LogP contribution in [-0.4, -0.2) is 50.1 Å². The fraction of sp³-hybridized carbons (Fsp3) is 0.318. The monoisotopic (exact) mass is 443 g/mol. The second-order valence-electron chi connectivity index (χ2n) is 6.58. The lowest BCUT2D eigenvalue weighted by Gasteiger charge is -2.18. The number of methoxy groups -OCH3 is 1. The molecule has 0 spiro atoms. The van der Waals surface area contributed by atoms with E-state index in [4.69, 9.17) is 21.6 Å². The summed E-state index contributed by atoms with van der Waals surface area (Å²) < 4.78 is 5.33. The molecule has 0 unspecified atom stereocenters. The number of anilines is 2. The van der Waals surface area contributed by atoms with E-state index in [1.165, 1.54) is 19.2 Å². The molecular weight excluding hydrogens is 418 g/mol. The number of rotatable bonds is 9. The SMILES string of the molecule is CCN(CC)CCNC(=O)c1ccc(NC(=O)Nc2ccc(C#N)c(Cl)c2)cc1OC. The Morgan fingerprint density at radius 3 is 2.32 bits per heavy atom. The predicted molar refractivity (Wildman–Crippen MR) is 122 cm³/mol. The highest BCUT2D eigenvalue weighted by Gasteiger charge is 2.14. The molecule has 0 aliphatic rings. The van der Waals surface area contributed by atoms with E-state index >= 15 is 0 Å². The van der Waals surface area contributed by atoms with Gasteiger partial charge in [0.2, 0.25) is 0 Å². The van der Waals surface area contributed by atoms with Gasteiger partial charge in [0.05, 0.1) is 23.3 Å². The zero-order valence-corrected chi connectivity index (χ0v) is 18.5. The van der Waals surface area contributed by atoms with Gasteiger partial charge in [-0.1, -0.05) is 25.4 Å². The standard InChI is InChI=1S/C22H26ClN5O3/c1-4-28(5-2)11-10-25-21(29)18-9-8-17(13-20(18)31-3)27-22(30)26-16-7-6-15(14-24)19(23)12-16/h6-9,12-13H,4-5,10-11H2,1-3H3,(H,25,29)(H2,26,27,30). The maximum Gasteiger partial charge on any atom is 0.323 e. The van der Waals surface area contributed by atoms with Crippen LogP contribution in [0.15, 0.2) is 36.4 Å². The number of likely N-dealkylation sites (N-methyl/N-ethyl adjacent to an activating group) is 1. The van der Waals surface area contributed by atoms with Crippen LogP contribution in [0.4, 0.5) is 16.2 Å². The van der Waals surface area contributed by atoms with Crippen molar-refractivity contribution < 1.29 is 14.3 Å². The molecule has 8 nitrogen and oxygen atoms in total. The predicted octanol–water partition coefficient (Wildman–Crippen LogP) is 3.94. The van der Waals surface area contributed by atoms with Gasteiger partial charge in [-0.2, -0.15) is 5.26 Å². The van der Waals surface area contributed by atoms with Crippen molar-refractivity contribution in [2.24, 2.45) is 0 Å². The second kappa shape index (κ2) is 11.8. The maximum absolute atomic E-state index is 12.5. The topological polar surface area (TPSA) is 106 Å². The number of amides is 3. The van der Waals surface area contributed by atoms with E-state index < -0.39 is 6.03 Å². The molecule has 2 aromatic carbocycles. The number of hydrogen-bond acceptors (Lipinski definition) is 5. The van der Waals surface area contributed by atoms with Crippen LogP contribution < -0.4 is 20.7 Å². The van der Waals surface area contributed by atoms with Gasteiger partial charge in [0, 0.05) is 30.5 Å². The minimum Gasteiger partial charge on any atom is -0.496 e. The first kappa shape index (κ1) is 24.0. The molecular formula is C22H26ClN5O3. The first-order chi connectivity index (χ1) is 14.9. The van der Waals surface area contributed by atoms with Crippen LogP contribution in [0.3, 0.4) is 0 Å². The molecule has 0 aliphatic heterocycles. The van der Waals surface area contributed by atoms with Crippen LogP contribution in [0.25, 0.3) is 0 Å². The van der Waals surface area contributed by atoms with Crippen molar-refractivity contribution >= 4 is 34.9 Å². The molecule has 0 heterocycles. The minimum atomic E-state index is -0.501. The summed E-state index contributed by atoms with van der Waals surface area (Å²) in [6.07, 6.45) is 0. The first-order valence-corrected chi connectivity index (χ1v) is 10.3. The highest BCUT2D eigenvalue weighted by atomic mass is 35.5. The number of carbonyl (C=O) groups excluding carboxylic acids is 2. The zero-order chi connectivity index (χ0) is 22.8. The number of nitrogens with one attached hydrogen (secondary N) is 3. The fourth-order valence-electron chi connectivity index (χ4n) is 2.90. The number of urea groups is 1. The summed E-state index contributed by atoms with van der Waals surface area (Å²) in [4.78, 5) is 27.0. The summed E-state index contributed by atoms with van der Waals surface area (Å²) in [5.74, 6) is 0.104. The molecule has 0 atom stereocenters. The van der Waals surface area contributed by atoms with Crippen LogP contribution in [0.1, 0.15) is 29.8 Å². The van der Waals surface area contributed by atoms with Crippen molar-refractivity contribution in [3.63, 3.8) is 0 Å². The average Bonchev–Trinajstić information content (AvgIpc) is 2.76. The van der Waals surface area contributed by atoms with Gasteiger partial charge in [-0.15, -0.1) is 0 Å². The summed E-state index contributed by atoms with van der Waals surface area (Å²) in [5, 5.41) is 17.4. The lowest BCUT2D eigenvalue weighted by Crippen LogP contribution is -2.34. The van der Waals surface area contributed by atoms with Crippen molar-refractivity contribution in [1.82, 2.24) is 10.2 Å². The third-order valence-electron chi connectivity index (χ3n) is 4.66. The molecule has 164 valence electrons. The maximum atomic E-state index is 12.5. The Balaban J connectivity index is 2.00. The molecule has 0 bridgehead atoms. The van der Waals surface area contributed by atoms with Crippen LogP contribution in [0.5, 0.6) is 5.75 Å². The number of halogens is 1. The van der Waals surface area contributed by atoms with Crippen molar-refractivity contribution in [3.8, 4) is 11.8 Å². The third kappa shape index (κ3) is 6.88. The summed E-state index contributed by atoms with van der Waals surface area (Å²) in [6, 6.07) is 10.8. The molecule has 3 N–H and O–H groups in total. The highest BCUT2D eigenvalue weighted by molar-refractivity contribution is 6.32. The fourth-order valence-corrected chi connectivity index (χ4v) is 3.12. The van der Waals surface area contributed by atoms with Crippen LogP contribution in [0.2, 0.25) is 5.02 Å². The second-order valence-corrected chi connectivity index (χ2v) is 6.99. The van der Waals surface area contributed by atoms with Crippen molar-refractivity contribution in [2.75, 3.05) is 43.9 Å². The summed E-state index contributed by atoms with van der Waals surface area (Å²) in [7, 11) is 1.46. The van der Waals surface area contributed by atoms with Crippen molar-refractivity contribution in [3.05, 3.63) is 52.5 Å². The number of hydrogen-bond donors (Lipinski definition) is 3. The van der Waals surface area contributed by atoms with Crippen LogP contribution >= 0.6 is 11.6 Å². The van der Waals surface area contributed by atoms with E-state index in [0.717, 1.165) is 19.6 Å². The number of ether oxygens (including phenoxy) is 1. The van der Waals surface area contributed by atoms with Gasteiger partial charge in [0.25, 0.3) is 5.91 Å². The molecule has 0 radical (unpaired) electrons. The zero-order valence-electron chi connectivity index (χ0n) is 17.8. The lowest BCUT2D eigenvalue weighted by molar-refractivity contribution is 0.0946. The quantitative estimate of drug-likeness (QED) is 0.544. The number of nitriles is 1. The van der Waals surface area contributed by atoms with Gasteiger partial charge < -0.3 is 25.6 Å². The molecule has 0 saturated carbocycles. The molecule has 0 aliphatic carbocycles. The van der Waals surface area contributed by atoms with Crippen LogP contribution in [0, 0.1) is 11.3 Å². The van der Waals surface area contributed by atoms with E-state index in [2.05, 4.69) is 34.7 Å². The van der Waals surface area contributed by atoms with Gasteiger partial charge in [-0.05, 0) is 43.4 Å². The smallest absolute Gasteiger partial charge is 0.323 e. The van der Waals surface area contributed by atoms with E-state index in [1.807, 2.05) is 6.07 Å². The summed E-state index contributed by atoms with van der Waals surface area (Å²) >= 11 is 5.98. The molecule has 2 rings (SSSR count). The molecule has 2 aromatic rings. The molecule has 31 heavy (non-hydrogen) atoms. The van der Waals surface area contributed by atoms with Gasteiger partial charge in [0.1, 0.15) is 11.8 Å². The Hall–Kier alpha value is -3.28. The Morgan fingerprint density at radius 1 is 1.10 bits per heavy atom. The van der Waals surface area contributed by atoms with Gasteiger partial charge >= 0.3 is 6.03 Å². The molecule has 0 aromatic heterocycles. The van der Waals surface area contributed by atoms with Gasteiger partial charge in [0.15, 0.2) is 0 Å². The van der Waals surface area contributed by atoms with E-state index in [1.54, 1.807) is 24.3 Å². The largest absolute Gasteiger partial charge is 0.496 e. The Labute approximate surface area is 187 Å². The van der Waals surface area contributed by atoms with Crippen molar-refractivity contribution in [1.29, 1.82) is 5.26 Å².